The highest BCUT2D eigenvalue weighted by molar-refractivity contribution is 6.30. The van der Waals surface area contributed by atoms with Crippen LogP contribution in [0.3, 0.4) is 0 Å². The lowest BCUT2D eigenvalue weighted by Crippen LogP contribution is -2.55. The fraction of sp³-hybridized carbons (Fsp3) is 0.294. The van der Waals surface area contributed by atoms with E-state index in [1.165, 1.54) is 70.7 Å². The molecule has 36 heavy (non-hydrogen) atoms. The summed E-state index contributed by atoms with van der Waals surface area (Å²) in [6.07, 6.45) is 7.00. The molecule has 2 heteroatoms. The van der Waals surface area contributed by atoms with Crippen LogP contribution in [0.1, 0.15) is 43.2 Å². The topological polar surface area (TPSA) is 13.1 Å². The second kappa shape index (κ2) is 6.84. The van der Waals surface area contributed by atoms with Gasteiger partial charge in [-0.05, 0) is 126 Å². The third-order valence-corrected chi connectivity index (χ3v) is 10.6. The van der Waals surface area contributed by atoms with Gasteiger partial charge >= 0.3 is 0 Å². The lowest BCUT2D eigenvalue weighted by atomic mass is 9.43. The van der Waals surface area contributed by atoms with Crippen LogP contribution < -0.4 is 0 Å². The molecule has 5 aliphatic rings. The maximum atomic E-state index is 6.67. The number of para-hydroxylation sites is 1. The molecule has 5 aliphatic carbocycles. The van der Waals surface area contributed by atoms with E-state index in [1.54, 1.807) is 5.56 Å². The first kappa shape index (κ1) is 20.1. The Balaban J connectivity index is 1.26. The van der Waals surface area contributed by atoms with Gasteiger partial charge in [0.05, 0.1) is 0 Å². The standard InChI is InChI=1S/C34H27ClO/c35-25-7-10-27-26-8-5-21(22-6-9-29-28-3-1-2-4-32(28)36-33(29)17-22)16-30(26)34(31(27)18-25)23-12-19-11-20(14-23)15-24(34)13-19/h1-10,16-20,23-24H,11-15H2. The van der Waals surface area contributed by atoms with Crippen molar-refractivity contribution in [2.45, 2.75) is 37.5 Å². The van der Waals surface area contributed by atoms with Gasteiger partial charge in [0.25, 0.3) is 0 Å². The van der Waals surface area contributed by atoms with Crippen LogP contribution in [0, 0.1) is 23.7 Å². The first-order chi connectivity index (χ1) is 17.7. The highest BCUT2D eigenvalue weighted by Gasteiger charge is 2.61. The molecular formula is C34H27ClO. The van der Waals surface area contributed by atoms with Crippen molar-refractivity contribution in [3.63, 3.8) is 0 Å². The molecule has 1 aromatic heterocycles. The van der Waals surface area contributed by atoms with Gasteiger partial charge in [-0.15, -0.1) is 0 Å². The molecule has 4 aromatic carbocycles. The zero-order valence-corrected chi connectivity index (χ0v) is 20.9. The molecule has 1 heterocycles. The smallest absolute Gasteiger partial charge is 0.136 e. The Labute approximate surface area is 216 Å². The van der Waals surface area contributed by atoms with Gasteiger partial charge in [-0.2, -0.15) is 0 Å². The Hall–Kier alpha value is -3.03. The van der Waals surface area contributed by atoms with E-state index in [0.29, 0.717) is 0 Å². The molecule has 0 unspecified atom stereocenters. The Morgan fingerprint density at radius 3 is 2.06 bits per heavy atom. The second-order valence-electron chi connectivity index (χ2n) is 11.9. The van der Waals surface area contributed by atoms with E-state index in [0.717, 1.165) is 39.9 Å². The van der Waals surface area contributed by atoms with Crippen LogP contribution in [0.4, 0.5) is 0 Å². The molecule has 0 N–H and O–H groups in total. The first-order valence-corrected chi connectivity index (χ1v) is 13.9. The van der Waals surface area contributed by atoms with Crippen molar-refractivity contribution < 1.29 is 4.42 Å². The highest BCUT2D eigenvalue weighted by atomic mass is 35.5. The monoisotopic (exact) mass is 486 g/mol. The molecule has 4 fully saturated rings. The summed E-state index contributed by atoms with van der Waals surface area (Å²) >= 11 is 6.67. The number of halogens is 1. The lowest BCUT2D eigenvalue weighted by molar-refractivity contribution is -0.0399. The number of benzene rings is 4. The summed E-state index contributed by atoms with van der Waals surface area (Å²) in [5.74, 6) is 3.34. The number of hydrogen-bond donors (Lipinski definition) is 0. The molecule has 5 aromatic rings. The van der Waals surface area contributed by atoms with Crippen molar-refractivity contribution >= 4 is 33.5 Å². The molecule has 4 saturated carbocycles. The summed E-state index contributed by atoms with van der Waals surface area (Å²) in [5, 5.41) is 3.26. The molecule has 0 amide bonds. The normalized spacial score (nSPS) is 29.4. The number of fused-ring (bicyclic) bond motifs is 6. The molecule has 10 rings (SSSR count). The summed E-state index contributed by atoms with van der Waals surface area (Å²) in [6.45, 7) is 0. The summed E-state index contributed by atoms with van der Waals surface area (Å²) in [4.78, 5) is 0. The molecule has 1 spiro atoms. The maximum Gasteiger partial charge on any atom is 0.136 e. The van der Waals surface area contributed by atoms with Gasteiger partial charge < -0.3 is 4.42 Å². The van der Waals surface area contributed by atoms with Gasteiger partial charge in [0, 0.05) is 21.2 Å². The molecule has 0 radical (unpaired) electrons. The predicted octanol–water partition coefficient (Wildman–Crippen LogP) is 9.63. The van der Waals surface area contributed by atoms with Gasteiger partial charge in [0.1, 0.15) is 11.2 Å². The average Bonchev–Trinajstić information content (AvgIpc) is 3.39. The predicted molar refractivity (Wildman–Crippen MR) is 147 cm³/mol. The summed E-state index contributed by atoms with van der Waals surface area (Å²) < 4.78 is 6.24. The SMILES string of the molecule is Clc1ccc2c(c1)C1(c3cc(-c4ccc5c(c4)oc4ccccc45)ccc3-2)C2CC3CC(C2)CC1C3. The summed E-state index contributed by atoms with van der Waals surface area (Å²) in [6, 6.07) is 29.0. The zero-order chi connectivity index (χ0) is 23.6. The van der Waals surface area contributed by atoms with E-state index in [9.17, 15) is 0 Å². The fourth-order valence-electron chi connectivity index (χ4n) is 9.25. The van der Waals surface area contributed by atoms with Crippen molar-refractivity contribution in [3.05, 3.63) is 95.0 Å². The van der Waals surface area contributed by atoms with Crippen LogP contribution in [-0.2, 0) is 5.41 Å². The van der Waals surface area contributed by atoms with Gasteiger partial charge in [0.2, 0.25) is 0 Å². The summed E-state index contributed by atoms with van der Waals surface area (Å²) in [5.41, 5.74) is 10.5. The molecule has 0 aliphatic heterocycles. The van der Waals surface area contributed by atoms with Crippen LogP contribution in [0.5, 0.6) is 0 Å². The van der Waals surface area contributed by atoms with Gasteiger partial charge in [-0.1, -0.05) is 54.1 Å². The van der Waals surface area contributed by atoms with Crippen molar-refractivity contribution in [2.75, 3.05) is 0 Å². The average molecular weight is 487 g/mol. The third kappa shape index (κ3) is 2.43. The van der Waals surface area contributed by atoms with Gasteiger partial charge in [-0.3, -0.25) is 0 Å². The number of furan rings is 1. The molecule has 0 saturated heterocycles. The second-order valence-corrected chi connectivity index (χ2v) is 12.4. The van der Waals surface area contributed by atoms with E-state index >= 15 is 0 Å². The van der Waals surface area contributed by atoms with Crippen LogP contribution in [0.25, 0.3) is 44.2 Å². The summed E-state index contributed by atoms with van der Waals surface area (Å²) in [7, 11) is 0. The first-order valence-electron chi connectivity index (χ1n) is 13.5. The minimum atomic E-state index is 0.127. The Bertz CT molecular complexity index is 1690. The minimum absolute atomic E-state index is 0.127. The number of rotatable bonds is 1. The van der Waals surface area contributed by atoms with Crippen LogP contribution in [0.2, 0.25) is 5.02 Å². The zero-order valence-electron chi connectivity index (χ0n) is 20.1. The third-order valence-electron chi connectivity index (χ3n) is 10.3. The Morgan fingerprint density at radius 2 is 1.25 bits per heavy atom. The minimum Gasteiger partial charge on any atom is -0.456 e. The van der Waals surface area contributed by atoms with Crippen molar-refractivity contribution in [2.24, 2.45) is 23.7 Å². The van der Waals surface area contributed by atoms with E-state index in [2.05, 4.69) is 72.8 Å². The Morgan fingerprint density at radius 1 is 0.611 bits per heavy atom. The van der Waals surface area contributed by atoms with Crippen LogP contribution >= 0.6 is 11.6 Å². The van der Waals surface area contributed by atoms with Crippen LogP contribution in [-0.4, -0.2) is 0 Å². The van der Waals surface area contributed by atoms with Gasteiger partial charge in [-0.25, -0.2) is 0 Å². The van der Waals surface area contributed by atoms with Crippen LogP contribution in [0.15, 0.2) is 83.3 Å². The quantitative estimate of drug-likeness (QED) is 0.230. The Kier molecular flexibility index (Phi) is 3.81. The molecule has 1 nitrogen and oxygen atoms in total. The molecule has 176 valence electrons. The van der Waals surface area contributed by atoms with Crippen molar-refractivity contribution in [3.8, 4) is 22.3 Å². The van der Waals surface area contributed by atoms with Crippen molar-refractivity contribution in [1.82, 2.24) is 0 Å². The van der Waals surface area contributed by atoms with Crippen molar-refractivity contribution in [1.29, 1.82) is 0 Å². The molecule has 4 bridgehead atoms. The van der Waals surface area contributed by atoms with E-state index < -0.39 is 0 Å². The highest BCUT2D eigenvalue weighted by Crippen LogP contribution is 2.69. The molecule has 0 atom stereocenters. The number of hydrogen-bond acceptors (Lipinski definition) is 1. The molecular weight excluding hydrogens is 460 g/mol. The van der Waals surface area contributed by atoms with E-state index in [-0.39, 0.29) is 5.41 Å². The van der Waals surface area contributed by atoms with E-state index in [1.807, 2.05) is 6.07 Å². The lowest BCUT2D eigenvalue weighted by Gasteiger charge is -2.61. The van der Waals surface area contributed by atoms with Gasteiger partial charge in [0.15, 0.2) is 0 Å². The largest absolute Gasteiger partial charge is 0.456 e. The fourth-order valence-corrected chi connectivity index (χ4v) is 9.42. The maximum absolute atomic E-state index is 6.67. The van der Waals surface area contributed by atoms with E-state index in [4.69, 9.17) is 16.0 Å².